The van der Waals surface area contributed by atoms with Gasteiger partial charge in [0.2, 0.25) is 0 Å². The lowest BCUT2D eigenvalue weighted by Gasteiger charge is -2.28. The average molecular weight is 296 g/mol. The molecule has 1 saturated heterocycles. The van der Waals surface area contributed by atoms with Gasteiger partial charge in [-0.25, -0.2) is 0 Å². The average Bonchev–Trinajstić information content (AvgIpc) is 2.76. The van der Waals surface area contributed by atoms with E-state index in [4.69, 9.17) is 0 Å². The van der Waals surface area contributed by atoms with Crippen LogP contribution in [0.2, 0.25) is 0 Å². The topological polar surface area (TPSA) is 69.6 Å². The van der Waals surface area contributed by atoms with E-state index in [1.54, 1.807) is 0 Å². The molecule has 0 amide bonds. The number of nitrogens with one attached hydrogen (secondary N) is 1. The first-order valence-electron chi connectivity index (χ1n) is 7.11. The van der Waals surface area contributed by atoms with Crippen molar-refractivity contribution in [3.05, 3.63) is 35.4 Å². The first kappa shape index (κ1) is 14.0. The van der Waals surface area contributed by atoms with Crippen LogP contribution >= 0.6 is 0 Å². The molecule has 0 spiro atoms. The van der Waals surface area contributed by atoms with Crippen LogP contribution < -0.4 is 4.72 Å². The Bertz CT molecular complexity index is 582. The van der Waals surface area contributed by atoms with Gasteiger partial charge in [-0.15, -0.1) is 0 Å². The van der Waals surface area contributed by atoms with Crippen molar-refractivity contribution in [2.45, 2.75) is 37.8 Å². The lowest BCUT2D eigenvalue weighted by Crippen LogP contribution is -2.46. The summed E-state index contributed by atoms with van der Waals surface area (Å²) in [6, 6.07) is 7.08. The van der Waals surface area contributed by atoms with Crippen LogP contribution in [0.25, 0.3) is 0 Å². The number of aliphatic hydroxyl groups is 1. The Balaban J connectivity index is 1.80. The third-order valence-electron chi connectivity index (χ3n) is 4.13. The van der Waals surface area contributed by atoms with Crippen LogP contribution in [0.3, 0.4) is 0 Å². The van der Waals surface area contributed by atoms with Crippen molar-refractivity contribution in [3.8, 4) is 0 Å². The minimum Gasteiger partial charge on any atom is -0.391 e. The summed E-state index contributed by atoms with van der Waals surface area (Å²) in [6.07, 6.45) is 2.71. The standard InChI is InChI=1S/C14H20N2O3S/c17-13-10-11-6-2-3-7-12(11)14(13)15-20(18,19)16-8-4-1-5-9-16/h2-3,6-7,13-15,17H,1,4-5,8-10H2. The Morgan fingerprint density at radius 2 is 1.85 bits per heavy atom. The highest BCUT2D eigenvalue weighted by molar-refractivity contribution is 7.87. The van der Waals surface area contributed by atoms with Crippen LogP contribution in [0.5, 0.6) is 0 Å². The summed E-state index contributed by atoms with van der Waals surface area (Å²) in [5, 5.41) is 10.1. The van der Waals surface area contributed by atoms with E-state index in [0.717, 1.165) is 30.4 Å². The Labute approximate surface area is 119 Å². The second-order valence-corrected chi connectivity index (χ2v) is 7.23. The molecule has 2 atom stereocenters. The summed E-state index contributed by atoms with van der Waals surface area (Å²) >= 11 is 0. The van der Waals surface area contributed by atoms with Crippen molar-refractivity contribution in [2.75, 3.05) is 13.1 Å². The van der Waals surface area contributed by atoms with Gasteiger partial charge in [0.15, 0.2) is 0 Å². The molecule has 2 unspecified atom stereocenters. The molecule has 0 aromatic heterocycles. The van der Waals surface area contributed by atoms with Crippen molar-refractivity contribution < 1.29 is 13.5 Å². The van der Waals surface area contributed by atoms with Gasteiger partial charge in [0.1, 0.15) is 0 Å². The van der Waals surface area contributed by atoms with Crippen LogP contribution in [0, 0.1) is 0 Å². The van der Waals surface area contributed by atoms with Crippen LogP contribution in [0.1, 0.15) is 36.4 Å². The fraction of sp³-hybridized carbons (Fsp3) is 0.571. The SMILES string of the molecule is O=S(=O)(NC1c2ccccc2CC1O)N1CCCCC1. The Morgan fingerprint density at radius 1 is 1.15 bits per heavy atom. The van der Waals surface area contributed by atoms with Crippen LogP contribution in [-0.2, 0) is 16.6 Å². The molecule has 1 aromatic carbocycles. The minimum absolute atomic E-state index is 0.503. The molecular weight excluding hydrogens is 276 g/mol. The Morgan fingerprint density at radius 3 is 2.60 bits per heavy atom. The number of piperidine rings is 1. The summed E-state index contributed by atoms with van der Waals surface area (Å²) in [4.78, 5) is 0. The maximum atomic E-state index is 12.4. The summed E-state index contributed by atoms with van der Waals surface area (Å²) in [7, 11) is -3.52. The summed E-state index contributed by atoms with van der Waals surface area (Å²) in [5.74, 6) is 0. The van der Waals surface area contributed by atoms with Crippen molar-refractivity contribution in [3.63, 3.8) is 0 Å². The normalized spacial score (nSPS) is 27.4. The maximum absolute atomic E-state index is 12.4. The smallest absolute Gasteiger partial charge is 0.280 e. The van der Waals surface area contributed by atoms with E-state index in [-0.39, 0.29) is 0 Å². The fourth-order valence-corrected chi connectivity index (χ4v) is 4.55. The summed E-state index contributed by atoms with van der Waals surface area (Å²) in [6.45, 7) is 1.14. The highest BCUT2D eigenvalue weighted by atomic mass is 32.2. The highest BCUT2D eigenvalue weighted by Crippen LogP contribution is 2.32. The van der Waals surface area contributed by atoms with Crippen LogP contribution in [0.15, 0.2) is 24.3 Å². The number of aliphatic hydroxyl groups excluding tert-OH is 1. The minimum atomic E-state index is -3.52. The van der Waals surface area contributed by atoms with Gasteiger partial charge in [-0.2, -0.15) is 17.4 Å². The molecule has 1 aliphatic carbocycles. The van der Waals surface area contributed by atoms with Gasteiger partial charge in [0, 0.05) is 19.5 Å². The molecule has 5 nitrogen and oxygen atoms in total. The summed E-state index contributed by atoms with van der Waals surface area (Å²) in [5.41, 5.74) is 1.91. The molecule has 0 bridgehead atoms. The number of hydrogen-bond donors (Lipinski definition) is 2. The fourth-order valence-electron chi connectivity index (χ4n) is 3.06. The maximum Gasteiger partial charge on any atom is 0.280 e. The Hall–Kier alpha value is -0.950. The predicted molar refractivity (Wildman–Crippen MR) is 76.4 cm³/mol. The van der Waals surface area contributed by atoms with E-state index in [2.05, 4.69) is 4.72 Å². The van der Waals surface area contributed by atoms with Crippen LogP contribution in [0.4, 0.5) is 0 Å². The monoisotopic (exact) mass is 296 g/mol. The van der Waals surface area contributed by atoms with Crippen molar-refractivity contribution in [2.24, 2.45) is 0 Å². The van der Waals surface area contributed by atoms with E-state index in [0.29, 0.717) is 19.5 Å². The first-order valence-corrected chi connectivity index (χ1v) is 8.55. The molecule has 110 valence electrons. The molecule has 20 heavy (non-hydrogen) atoms. The van der Waals surface area contributed by atoms with Gasteiger partial charge < -0.3 is 5.11 Å². The van der Waals surface area contributed by atoms with E-state index in [1.807, 2.05) is 24.3 Å². The molecule has 2 N–H and O–H groups in total. The third-order valence-corrected chi connectivity index (χ3v) is 5.73. The zero-order valence-electron chi connectivity index (χ0n) is 11.3. The van der Waals surface area contributed by atoms with E-state index >= 15 is 0 Å². The quantitative estimate of drug-likeness (QED) is 0.873. The molecule has 6 heteroatoms. The second-order valence-electron chi connectivity index (χ2n) is 5.53. The molecule has 1 fully saturated rings. The number of fused-ring (bicyclic) bond motifs is 1. The molecular formula is C14H20N2O3S. The lowest BCUT2D eigenvalue weighted by molar-refractivity contribution is 0.150. The predicted octanol–water partition coefficient (Wildman–Crippen LogP) is 0.965. The van der Waals surface area contributed by atoms with Gasteiger partial charge in [0.25, 0.3) is 10.2 Å². The molecule has 2 aliphatic rings. The number of rotatable bonds is 3. The molecule has 1 aliphatic heterocycles. The zero-order valence-corrected chi connectivity index (χ0v) is 12.1. The third kappa shape index (κ3) is 2.61. The van der Waals surface area contributed by atoms with E-state index in [1.165, 1.54) is 4.31 Å². The number of hydrogen-bond acceptors (Lipinski definition) is 3. The van der Waals surface area contributed by atoms with E-state index < -0.39 is 22.4 Å². The van der Waals surface area contributed by atoms with E-state index in [9.17, 15) is 13.5 Å². The number of benzene rings is 1. The van der Waals surface area contributed by atoms with Crippen LogP contribution in [-0.4, -0.2) is 37.0 Å². The van der Waals surface area contributed by atoms with Gasteiger partial charge in [0.05, 0.1) is 12.1 Å². The first-order chi connectivity index (χ1) is 9.58. The van der Waals surface area contributed by atoms with Gasteiger partial charge in [-0.05, 0) is 24.0 Å². The number of nitrogens with zero attached hydrogens (tertiary/aromatic N) is 1. The largest absolute Gasteiger partial charge is 0.391 e. The molecule has 3 rings (SSSR count). The molecule has 1 heterocycles. The molecule has 0 saturated carbocycles. The van der Waals surface area contributed by atoms with Gasteiger partial charge in [-0.1, -0.05) is 30.7 Å². The second kappa shape index (κ2) is 5.44. The summed E-state index contributed by atoms with van der Waals surface area (Å²) < 4.78 is 29.0. The lowest BCUT2D eigenvalue weighted by atomic mass is 10.1. The van der Waals surface area contributed by atoms with Gasteiger partial charge in [-0.3, -0.25) is 0 Å². The molecule has 0 radical (unpaired) electrons. The van der Waals surface area contributed by atoms with Gasteiger partial charge >= 0.3 is 0 Å². The zero-order chi connectivity index (χ0) is 14.2. The molecule has 1 aromatic rings. The van der Waals surface area contributed by atoms with Crippen molar-refractivity contribution in [1.29, 1.82) is 0 Å². The van der Waals surface area contributed by atoms with Crippen molar-refractivity contribution >= 4 is 10.2 Å². The Kier molecular flexibility index (Phi) is 3.81. The van der Waals surface area contributed by atoms with Crippen molar-refractivity contribution in [1.82, 2.24) is 9.03 Å². The highest BCUT2D eigenvalue weighted by Gasteiger charge is 2.35.